The minimum atomic E-state index is 0.469. The summed E-state index contributed by atoms with van der Waals surface area (Å²) in [6.07, 6.45) is 1.11. The number of hydrogen-bond donors (Lipinski definition) is 2. The molecule has 0 saturated heterocycles. The lowest BCUT2D eigenvalue weighted by Crippen LogP contribution is -2.40. The Labute approximate surface area is 123 Å². The van der Waals surface area contributed by atoms with Gasteiger partial charge in [0.1, 0.15) is 0 Å². The monoisotopic (exact) mass is 276 g/mol. The molecule has 0 aliphatic heterocycles. The van der Waals surface area contributed by atoms with Crippen LogP contribution >= 0.6 is 0 Å². The average molecular weight is 276 g/mol. The van der Waals surface area contributed by atoms with Crippen molar-refractivity contribution >= 4 is 5.96 Å². The van der Waals surface area contributed by atoms with Gasteiger partial charge < -0.3 is 15.5 Å². The molecule has 1 aromatic rings. The van der Waals surface area contributed by atoms with Crippen LogP contribution in [-0.4, -0.2) is 51.6 Å². The zero-order chi connectivity index (χ0) is 14.8. The Morgan fingerprint density at radius 2 is 1.90 bits per heavy atom. The highest BCUT2D eigenvalue weighted by Crippen LogP contribution is 2.12. The first-order valence-electron chi connectivity index (χ1n) is 7.27. The van der Waals surface area contributed by atoms with E-state index < -0.39 is 0 Å². The van der Waals surface area contributed by atoms with E-state index in [1.165, 1.54) is 5.56 Å². The van der Waals surface area contributed by atoms with E-state index >= 15 is 0 Å². The maximum absolute atomic E-state index is 4.25. The van der Waals surface area contributed by atoms with E-state index in [0.717, 1.165) is 32.0 Å². The van der Waals surface area contributed by atoms with Crippen molar-refractivity contribution in [1.29, 1.82) is 0 Å². The normalized spacial score (nSPS) is 13.3. The van der Waals surface area contributed by atoms with Gasteiger partial charge in [-0.3, -0.25) is 4.99 Å². The standard InChI is InChI=1S/C16H28N4/c1-14(15-9-6-5-7-10-15)13-19-16(17-2)18-11-8-12-20(3)4/h5-7,9-10,14H,8,11-13H2,1-4H3,(H2,17,18,19). The third-order valence-electron chi connectivity index (χ3n) is 3.24. The van der Waals surface area contributed by atoms with Crippen LogP contribution in [0.15, 0.2) is 35.3 Å². The summed E-state index contributed by atoms with van der Waals surface area (Å²) in [5.41, 5.74) is 1.35. The molecule has 1 atom stereocenters. The zero-order valence-corrected chi connectivity index (χ0v) is 13.2. The molecule has 4 heteroatoms. The molecule has 0 spiro atoms. The number of rotatable bonds is 7. The van der Waals surface area contributed by atoms with E-state index in [-0.39, 0.29) is 0 Å². The number of nitrogens with one attached hydrogen (secondary N) is 2. The second kappa shape index (κ2) is 9.37. The fraction of sp³-hybridized carbons (Fsp3) is 0.562. The molecule has 0 aliphatic carbocycles. The van der Waals surface area contributed by atoms with Gasteiger partial charge in [0.25, 0.3) is 0 Å². The van der Waals surface area contributed by atoms with Crippen LogP contribution in [0.5, 0.6) is 0 Å². The van der Waals surface area contributed by atoms with Crippen LogP contribution in [0, 0.1) is 0 Å². The van der Waals surface area contributed by atoms with Crippen LogP contribution in [-0.2, 0) is 0 Å². The maximum Gasteiger partial charge on any atom is 0.190 e. The van der Waals surface area contributed by atoms with Gasteiger partial charge in [0.2, 0.25) is 0 Å². The lowest BCUT2D eigenvalue weighted by Gasteiger charge is -2.17. The van der Waals surface area contributed by atoms with Crippen molar-refractivity contribution in [2.24, 2.45) is 4.99 Å². The van der Waals surface area contributed by atoms with Crippen molar-refractivity contribution in [2.75, 3.05) is 40.8 Å². The molecule has 0 heterocycles. The number of nitrogens with zero attached hydrogens (tertiary/aromatic N) is 2. The Morgan fingerprint density at radius 1 is 1.20 bits per heavy atom. The van der Waals surface area contributed by atoms with E-state index in [4.69, 9.17) is 0 Å². The summed E-state index contributed by atoms with van der Waals surface area (Å²) >= 11 is 0. The van der Waals surface area contributed by atoms with Crippen molar-refractivity contribution in [2.45, 2.75) is 19.3 Å². The van der Waals surface area contributed by atoms with Crippen LogP contribution in [0.2, 0.25) is 0 Å². The fourth-order valence-corrected chi connectivity index (χ4v) is 1.97. The molecule has 0 aliphatic rings. The molecule has 0 bridgehead atoms. The second-order valence-electron chi connectivity index (χ2n) is 5.35. The first-order valence-corrected chi connectivity index (χ1v) is 7.27. The van der Waals surface area contributed by atoms with E-state index in [9.17, 15) is 0 Å². The topological polar surface area (TPSA) is 39.7 Å². The van der Waals surface area contributed by atoms with Gasteiger partial charge in [0.15, 0.2) is 5.96 Å². The minimum Gasteiger partial charge on any atom is -0.356 e. The van der Waals surface area contributed by atoms with Gasteiger partial charge in [0, 0.05) is 20.1 Å². The van der Waals surface area contributed by atoms with E-state index in [1.54, 1.807) is 0 Å². The lowest BCUT2D eigenvalue weighted by atomic mass is 10.0. The number of guanidine groups is 1. The van der Waals surface area contributed by atoms with E-state index in [1.807, 2.05) is 7.05 Å². The molecular weight excluding hydrogens is 248 g/mol. The Kier molecular flexibility index (Phi) is 7.73. The van der Waals surface area contributed by atoms with Crippen LogP contribution in [0.3, 0.4) is 0 Å². The third kappa shape index (κ3) is 6.57. The largest absolute Gasteiger partial charge is 0.356 e. The summed E-state index contributed by atoms with van der Waals surface area (Å²) in [6.45, 7) is 5.14. The Bertz CT molecular complexity index is 387. The average Bonchev–Trinajstić information content (AvgIpc) is 2.47. The number of aliphatic imine (C=N–C) groups is 1. The van der Waals surface area contributed by atoms with Crippen molar-refractivity contribution in [3.05, 3.63) is 35.9 Å². The van der Waals surface area contributed by atoms with Gasteiger partial charge in [-0.05, 0) is 38.5 Å². The first-order chi connectivity index (χ1) is 9.63. The summed E-state index contributed by atoms with van der Waals surface area (Å²) in [5, 5.41) is 6.72. The molecule has 1 aromatic carbocycles. The van der Waals surface area contributed by atoms with E-state index in [0.29, 0.717) is 5.92 Å². The predicted octanol–water partition coefficient (Wildman–Crippen LogP) is 1.91. The predicted molar refractivity (Wildman–Crippen MR) is 87.4 cm³/mol. The van der Waals surface area contributed by atoms with E-state index in [2.05, 4.69) is 71.9 Å². The summed E-state index contributed by atoms with van der Waals surface area (Å²) in [4.78, 5) is 6.44. The summed E-state index contributed by atoms with van der Waals surface area (Å²) < 4.78 is 0. The molecule has 1 unspecified atom stereocenters. The van der Waals surface area contributed by atoms with Crippen molar-refractivity contribution in [1.82, 2.24) is 15.5 Å². The van der Waals surface area contributed by atoms with Crippen LogP contribution in [0.25, 0.3) is 0 Å². The highest BCUT2D eigenvalue weighted by molar-refractivity contribution is 5.79. The summed E-state index contributed by atoms with van der Waals surface area (Å²) in [5.74, 6) is 1.35. The highest BCUT2D eigenvalue weighted by Gasteiger charge is 2.05. The number of benzene rings is 1. The number of hydrogen-bond acceptors (Lipinski definition) is 2. The van der Waals surface area contributed by atoms with Gasteiger partial charge in [-0.25, -0.2) is 0 Å². The van der Waals surface area contributed by atoms with Gasteiger partial charge in [-0.1, -0.05) is 37.3 Å². The van der Waals surface area contributed by atoms with Crippen LogP contribution in [0.1, 0.15) is 24.8 Å². The molecule has 0 amide bonds. The smallest absolute Gasteiger partial charge is 0.190 e. The molecule has 0 fully saturated rings. The minimum absolute atomic E-state index is 0.469. The molecule has 0 saturated carbocycles. The molecule has 0 aromatic heterocycles. The zero-order valence-electron chi connectivity index (χ0n) is 13.2. The van der Waals surface area contributed by atoms with Gasteiger partial charge in [-0.2, -0.15) is 0 Å². The SMILES string of the molecule is CN=C(NCCCN(C)C)NCC(C)c1ccccc1. The van der Waals surface area contributed by atoms with Crippen LogP contribution in [0.4, 0.5) is 0 Å². The Balaban J connectivity index is 2.28. The Hall–Kier alpha value is -1.55. The van der Waals surface area contributed by atoms with Gasteiger partial charge in [-0.15, -0.1) is 0 Å². The van der Waals surface area contributed by atoms with Gasteiger partial charge >= 0.3 is 0 Å². The quantitative estimate of drug-likeness (QED) is 0.454. The first kappa shape index (κ1) is 16.5. The van der Waals surface area contributed by atoms with Gasteiger partial charge in [0.05, 0.1) is 0 Å². The van der Waals surface area contributed by atoms with Crippen molar-refractivity contribution < 1.29 is 0 Å². The molecule has 0 radical (unpaired) electrons. The second-order valence-corrected chi connectivity index (χ2v) is 5.35. The third-order valence-corrected chi connectivity index (χ3v) is 3.24. The van der Waals surface area contributed by atoms with Crippen molar-refractivity contribution in [3.63, 3.8) is 0 Å². The van der Waals surface area contributed by atoms with Crippen molar-refractivity contribution in [3.8, 4) is 0 Å². The summed E-state index contributed by atoms with van der Waals surface area (Å²) in [7, 11) is 6.00. The Morgan fingerprint density at radius 3 is 2.50 bits per heavy atom. The molecule has 2 N–H and O–H groups in total. The highest BCUT2D eigenvalue weighted by atomic mass is 15.2. The fourth-order valence-electron chi connectivity index (χ4n) is 1.97. The molecule has 20 heavy (non-hydrogen) atoms. The maximum atomic E-state index is 4.25. The lowest BCUT2D eigenvalue weighted by molar-refractivity contribution is 0.399. The van der Waals surface area contributed by atoms with Crippen LogP contribution < -0.4 is 10.6 Å². The molecule has 1 rings (SSSR count). The molecule has 112 valence electrons. The molecular formula is C16H28N4. The summed E-state index contributed by atoms with van der Waals surface area (Å²) in [6, 6.07) is 10.6. The molecule has 4 nitrogen and oxygen atoms in total.